The lowest BCUT2D eigenvalue weighted by molar-refractivity contribution is -0.121. The average molecular weight is 383 g/mol. The maximum atomic E-state index is 13.1. The predicted octanol–water partition coefficient (Wildman–Crippen LogP) is 3.99. The van der Waals surface area contributed by atoms with Crippen LogP contribution in [-0.2, 0) is 16.1 Å². The molecule has 0 fully saturated rings. The summed E-state index contributed by atoms with van der Waals surface area (Å²) in [7, 11) is 0. The van der Waals surface area contributed by atoms with E-state index >= 15 is 0 Å². The molecule has 2 amide bonds. The second-order valence-electron chi connectivity index (χ2n) is 6.51. The van der Waals surface area contributed by atoms with Gasteiger partial charge in [0, 0.05) is 12.2 Å². The molecule has 0 heterocycles. The van der Waals surface area contributed by atoms with Gasteiger partial charge in [0.15, 0.2) is 0 Å². The second-order valence-corrected chi connectivity index (χ2v) is 6.51. The summed E-state index contributed by atoms with van der Waals surface area (Å²) >= 11 is 0. The smallest absolute Gasteiger partial charge is 0.238 e. The summed E-state index contributed by atoms with van der Waals surface area (Å²) in [5.41, 5.74) is 3.18. The first-order valence-corrected chi connectivity index (χ1v) is 9.31. The Labute approximate surface area is 170 Å². The molecule has 5 nitrogen and oxygen atoms in total. The van der Waals surface area contributed by atoms with Crippen molar-refractivity contribution in [3.8, 4) is 6.07 Å². The lowest BCUT2D eigenvalue weighted by Gasteiger charge is -2.19. The number of amides is 2. The third-order valence-electron chi connectivity index (χ3n) is 4.51. The normalized spacial score (nSPS) is 10.2. The molecule has 3 rings (SSSR count). The van der Waals surface area contributed by atoms with E-state index in [0.717, 1.165) is 16.7 Å². The van der Waals surface area contributed by atoms with Gasteiger partial charge in [0.25, 0.3) is 0 Å². The first kappa shape index (κ1) is 19.8. The van der Waals surface area contributed by atoms with E-state index in [1.807, 2.05) is 78.9 Å². The summed E-state index contributed by atoms with van der Waals surface area (Å²) in [4.78, 5) is 24.9. The zero-order chi connectivity index (χ0) is 20.5. The van der Waals surface area contributed by atoms with E-state index in [1.165, 1.54) is 0 Å². The van der Waals surface area contributed by atoms with Crippen LogP contribution in [0.3, 0.4) is 0 Å². The number of hydrogen-bond donors (Lipinski definition) is 2. The molecule has 3 aromatic rings. The Hall–Kier alpha value is -3.91. The summed E-state index contributed by atoms with van der Waals surface area (Å²) in [5, 5.41) is 14.4. The Kier molecular flexibility index (Phi) is 6.75. The highest BCUT2D eigenvalue weighted by molar-refractivity contribution is 5.93. The van der Waals surface area contributed by atoms with E-state index < -0.39 is 5.92 Å². The number of para-hydroxylation sites is 1. The summed E-state index contributed by atoms with van der Waals surface area (Å²) in [6.45, 7) is 0.262. The molecule has 0 aliphatic rings. The molecule has 0 saturated carbocycles. The molecule has 5 heteroatoms. The lowest BCUT2D eigenvalue weighted by Crippen LogP contribution is -2.30. The van der Waals surface area contributed by atoms with Crippen LogP contribution in [0.1, 0.15) is 29.0 Å². The van der Waals surface area contributed by atoms with Gasteiger partial charge in [-0.1, -0.05) is 78.9 Å². The largest absolute Gasteiger partial charge is 0.351 e. The van der Waals surface area contributed by atoms with Crippen molar-refractivity contribution in [2.45, 2.75) is 18.9 Å². The number of nitrogens with one attached hydrogen (secondary N) is 2. The van der Waals surface area contributed by atoms with E-state index in [9.17, 15) is 9.59 Å². The van der Waals surface area contributed by atoms with Crippen molar-refractivity contribution < 1.29 is 9.59 Å². The van der Waals surface area contributed by atoms with Crippen molar-refractivity contribution in [2.75, 3.05) is 5.32 Å². The summed E-state index contributed by atoms with van der Waals surface area (Å²) in [5.74, 6) is -0.934. The van der Waals surface area contributed by atoms with Crippen LogP contribution in [0.5, 0.6) is 0 Å². The zero-order valence-electron chi connectivity index (χ0n) is 15.8. The number of carbonyl (C=O) groups excluding carboxylic acids is 2. The van der Waals surface area contributed by atoms with Crippen LogP contribution in [0, 0.1) is 11.3 Å². The van der Waals surface area contributed by atoms with Crippen molar-refractivity contribution in [1.29, 1.82) is 5.26 Å². The van der Waals surface area contributed by atoms with Crippen molar-refractivity contribution in [2.24, 2.45) is 0 Å². The van der Waals surface area contributed by atoms with E-state index in [0.29, 0.717) is 5.69 Å². The molecule has 0 radical (unpaired) electrons. The summed E-state index contributed by atoms with van der Waals surface area (Å²) in [6, 6.07) is 28.3. The molecule has 0 saturated heterocycles. The molecule has 0 aliphatic heterocycles. The Balaban J connectivity index is 1.78. The van der Waals surface area contributed by atoms with Gasteiger partial charge in [0.2, 0.25) is 11.8 Å². The maximum absolute atomic E-state index is 13.1. The minimum absolute atomic E-state index is 0.124. The molecule has 0 aliphatic carbocycles. The minimum Gasteiger partial charge on any atom is -0.351 e. The molecule has 0 atom stereocenters. The fourth-order valence-electron chi connectivity index (χ4n) is 3.13. The molecular formula is C24H21N3O2. The lowest BCUT2D eigenvalue weighted by atomic mass is 9.90. The van der Waals surface area contributed by atoms with Gasteiger partial charge in [0.1, 0.15) is 6.42 Å². The standard InChI is InChI=1S/C24H21N3O2/c25-16-15-22(28)27-21-14-8-7-13-20(21)17-26-24(29)23(18-9-3-1-4-10-18)19-11-5-2-6-12-19/h1-14,23H,15,17H2,(H,26,29)(H,27,28). The Morgan fingerprint density at radius 3 is 1.97 bits per heavy atom. The van der Waals surface area contributed by atoms with Crippen molar-refractivity contribution in [3.05, 3.63) is 102 Å². The van der Waals surface area contributed by atoms with E-state index in [2.05, 4.69) is 10.6 Å². The van der Waals surface area contributed by atoms with Gasteiger partial charge in [-0.25, -0.2) is 0 Å². The van der Waals surface area contributed by atoms with Gasteiger partial charge < -0.3 is 10.6 Å². The van der Waals surface area contributed by atoms with Crippen LogP contribution in [0.4, 0.5) is 5.69 Å². The highest BCUT2D eigenvalue weighted by atomic mass is 16.2. The monoisotopic (exact) mass is 383 g/mol. The van der Waals surface area contributed by atoms with Gasteiger partial charge in [-0.05, 0) is 22.8 Å². The number of nitriles is 1. The van der Waals surface area contributed by atoms with Crippen molar-refractivity contribution >= 4 is 17.5 Å². The van der Waals surface area contributed by atoms with Gasteiger partial charge in [-0.2, -0.15) is 5.26 Å². The average Bonchev–Trinajstić information content (AvgIpc) is 2.75. The third-order valence-corrected chi connectivity index (χ3v) is 4.51. The van der Waals surface area contributed by atoms with Crippen LogP contribution >= 0.6 is 0 Å². The highest BCUT2D eigenvalue weighted by Crippen LogP contribution is 2.25. The van der Waals surface area contributed by atoms with Gasteiger partial charge in [-0.15, -0.1) is 0 Å². The molecule has 29 heavy (non-hydrogen) atoms. The minimum atomic E-state index is -0.433. The molecule has 144 valence electrons. The van der Waals surface area contributed by atoms with Crippen LogP contribution in [0.15, 0.2) is 84.9 Å². The van der Waals surface area contributed by atoms with Crippen molar-refractivity contribution in [3.63, 3.8) is 0 Å². The van der Waals surface area contributed by atoms with Crippen LogP contribution in [0.2, 0.25) is 0 Å². The summed E-state index contributed by atoms with van der Waals surface area (Å²) in [6.07, 6.45) is -0.217. The zero-order valence-corrected chi connectivity index (χ0v) is 15.8. The molecule has 3 aromatic carbocycles. The van der Waals surface area contributed by atoms with Gasteiger partial charge in [-0.3, -0.25) is 9.59 Å². The van der Waals surface area contributed by atoms with Crippen LogP contribution in [-0.4, -0.2) is 11.8 Å². The number of anilines is 1. The maximum Gasteiger partial charge on any atom is 0.238 e. The number of benzene rings is 3. The second kappa shape index (κ2) is 9.86. The van der Waals surface area contributed by atoms with Gasteiger partial charge in [0.05, 0.1) is 12.0 Å². The topological polar surface area (TPSA) is 82.0 Å². The third kappa shape index (κ3) is 5.30. The SMILES string of the molecule is N#CCC(=O)Nc1ccccc1CNC(=O)C(c1ccccc1)c1ccccc1. The van der Waals surface area contributed by atoms with Crippen LogP contribution < -0.4 is 10.6 Å². The molecular weight excluding hydrogens is 362 g/mol. The quantitative estimate of drug-likeness (QED) is 0.647. The number of rotatable bonds is 7. The van der Waals surface area contributed by atoms with E-state index in [4.69, 9.17) is 5.26 Å². The van der Waals surface area contributed by atoms with Gasteiger partial charge >= 0.3 is 0 Å². The van der Waals surface area contributed by atoms with E-state index in [1.54, 1.807) is 12.1 Å². The number of nitrogens with zero attached hydrogens (tertiary/aromatic N) is 1. The van der Waals surface area contributed by atoms with Crippen LogP contribution in [0.25, 0.3) is 0 Å². The van der Waals surface area contributed by atoms with E-state index in [-0.39, 0.29) is 24.8 Å². The summed E-state index contributed by atoms with van der Waals surface area (Å²) < 4.78 is 0. The number of hydrogen-bond acceptors (Lipinski definition) is 3. The Morgan fingerprint density at radius 2 is 1.38 bits per heavy atom. The first-order chi connectivity index (χ1) is 14.2. The molecule has 0 spiro atoms. The molecule has 0 unspecified atom stereocenters. The Bertz CT molecular complexity index is 972. The highest BCUT2D eigenvalue weighted by Gasteiger charge is 2.22. The molecule has 0 bridgehead atoms. The molecule has 2 N–H and O–H groups in total. The van der Waals surface area contributed by atoms with Crippen molar-refractivity contribution in [1.82, 2.24) is 5.32 Å². The fourth-order valence-corrected chi connectivity index (χ4v) is 3.13. The Morgan fingerprint density at radius 1 is 0.828 bits per heavy atom. The first-order valence-electron chi connectivity index (χ1n) is 9.31. The fraction of sp³-hybridized carbons (Fsp3) is 0.125. The molecule has 0 aromatic heterocycles. The predicted molar refractivity (Wildman–Crippen MR) is 112 cm³/mol. The number of carbonyl (C=O) groups is 2.